The molecule has 0 spiro atoms. The van der Waals surface area contributed by atoms with Crippen LogP contribution in [0.15, 0.2) is 24.3 Å². The van der Waals surface area contributed by atoms with Crippen LogP contribution < -0.4 is 15.4 Å². The molecule has 2 N–H and O–H groups in total. The lowest BCUT2D eigenvalue weighted by molar-refractivity contribution is -0.125. The average molecular weight is 319 g/mol. The molecule has 0 saturated carbocycles. The molecule has 1 atom stereocenters. The number of nitrogens with zero attached hydrogens (tertiary/aromatic N) is 1. The topological polar surface area (TPSA) is 70.7 Å². The minimum absolute atomic E-state index is 0.0315. The van der Waals surface area contributed by atoms with Crippen molar-refractivity contribution in [1.29, 1.82) is 0 Å². The highest BCUT2D eigenvalue weighted by Crippen LogP contribution is 2.31. The molecule has 2 amide bonds. The Morgan fingerprint density at radius 1 is 1.26 bits per heavy atom. The quantitative estimate of drug-likeness (QED) is 0.789. The van der Waals surface area contributed by atoms with Gasteiger partial charge in [-0.2, -0.15) is 0 Å². The van der Waals surface area contributed by atoms with Crippen LogP contribution in [0, 0.1) is 0 Å². The van der Waals surface area contributed by atoms with E-state index in [1.807, 2.05) is 36.1 Å². The molecule has 1 unspecified atom stereocenters. The lowest BCUT2D eigenvalue weighted by atomic mass is 10.0. The van der Waals surface area contributed by atoms with Crippen molar-refractivity contribution in [2.75, 3.05) is 33.3 Å². The number of carbonyl (C=O) groups is 2. The molecular formula is C17H25N3O3. The summed E-state index contributed by atoms with van der Waals surface area (Å²) >= 11 is 0. The highest BCUT2D eigenvalue weighted by molar-refractivity contribution is 5.81. The first-order chi connectivity index (χ1) is 11.1. The normalized spacial score (nSPS) is 16.4. The third kappa shape index (κ3) is 4.96. The van der Waals surface area contributed by atoms with E-state index >= 15 is 0 Å². The molecule has 0 aliphatic carbocycles. The maximum Gasteiger partial charge on any atom is 0.234 e. The number of hydrogen-bond acceptors (Lipinski definition) is 4. The van der Waals surface area contributed by atoms with Crippen LogP contribution in [0.5, 0.6) is 5.75 Å². The van der Waals surface area contributed by atoms with E-state index in [1.165, 1.54) is 0 Å². The second kappa shape index (κ2) is 8.53. The minimum atomic E-state index is -0.0809. The number of amides is 2. The highest BCUT2D eigenvalue weighted by Gasteiger charge is 2.23. The summed E-state index contributed by atoms with van der Waals surface area (Å²) in [5, 5.41) is 5.66. The number of hydrogen-bond donors (Lipinski definition) is 2. The molecule has 0 radical (unpaired) electrons. The van der Waals surface area contributed by atoms with Crippen LogP contribution in [-0.2, 0) is 9.59 Å². The molecule has 0 saturated heterocycles. The van der Waals surface area contributed by atoms with Gasteiger partial charge in [-0.1, -0.05) is 25.1 Å². The first-order valence-corrected chi connectivity index (χ1v) is 8.08. The van der Waals surface area contributed by atoms with Crippen LogP contribution in [0.2, 0.25) is 0 Å². The van der Waals surface area contributed by atoms with E-state index in [4.69, 9.17) is 4.74 Å². The summed E-state index contributed by atoms with van der Waals surface area (Å²) in [4.78, 5) is 25.7. The molecule has 1 heterocycles. The molecule has 0 bridgehead atoms. The number of benzene rings is 1. The van der Waals surface area contributed by atoms with Crippen molar-refractivity contribution in [3.05, 3.63) is 29.8 Å². The number of carbonyl (C=O) groups excluding carboxylic acids is 2. The summed E-state index contributed by atoms with van der Waals surface area (Å²) in [6.07, 6.45) is 1.65. The summed E-state index contributed by atoms with van der Waals surface area (Å²) in [6.45, 7) is 3.80. The van der Waals surface area contributed by atoms with Gasteiger partial charge in [0.2, 0.25) is 11.8 Å². The van der Waals surface area contributed by atoms with Crippen LogP contribution >= 0.6 is 0 Å². The molecule has 6 heteroatoms. The van der Waals surface area contributed by atoms with E-state index in [9.17, 15) is 9.59 Å². The van der Waals surface area contributed by atoms with Crippen LogP contribution in [-0.4, -0.2) is 50.0 Å². The number of para-hydroxylation sites is 1. The van der Waals surface area contributed by atoms with Crippen molar-refractivity contribution in [2.45, 2.75) is 25.8 Å². The fourth-order valence-corrected chi connectivity index (χ4v) is 2.75. The first-order valence-electron chi connectivity index (χ1n) is 8.08. The van der Waals surface area contributed by atoms with Crippen molar-refractivity contribution < 1.29 is 14.3 Å². The van der Waals surface area contributed by atoms with E-state index in [2.05, 4.69) is 10.6 Å². The zero-order chi connectivity index (χ0) is 16.7. The summed E-state index contributed by atoms with van der Waals surface area (Å²) < 4.78 is 5.61. The molecule has 6 nitrogen and oxygen atoms in total. The van der Waals surface area contributed by atoms with Gasteiger partial charge in [-0.25, -0.2) is 0 Å². The predicted octanol–water partition coefficient (Wildman–Crippen LogP) is 1.08. The molecule has 23 heavy (non-hydrogen) atoms. The van der Waals surface area contributed by atoms with Gasteiger partial charge in [0.15, 0.2) is 0 Å². The van der Waals surface area contributed by atoms with Gasteiger partial charge in [0.05, 0.1) is 25.7 Å². The average Bonchev–Trinajstić information content (AvgIpc) is 2.55. The second-order valence-corrected chi connectivity index (χ2v) is 5.68. The summed E-state index contributed by atoms with van der Waals surface area (Å²) in [5.41, 5.74) is 1.01. The molecule has 0 aromatic heterocycles. The molecule has 1 aromatic carbocycles. The number of ether oxygens (including phenoxy) is 1. The van der Waals surface area contributed by atoms with Gasteiger partial charge in [-0.15, -0.1) is 0 Å². The van der Waals surface area contributed by atoms with E-state index in [1.54, 1.807) is 7.05 Å². The maximum absolute atomic E-state index is 12.4. The third-order valence-electron chi connectivity index (χ3n) is 3.85. The Morgan fingerprint density at radius 3 is 2.74 bits per heavy atom. The van der Waals surface area contributed by atoms with Crippen LogP contribution in [0.3, 0.4) is 0 Å². The zero-order valence-corrected chi connectivity index (χ0v) is 13.8. The lowest BCUT2D eigenvalue weighted by Crippen LogP contribution is -2.43. The first kappa shape index (κ1) is 17.3. The fraction of sp³-hybridized carbons (Fsp3) is 0.529. The van der Waals surface area contributed by atoms with E-state index in [0.717, 1.165) is 24.2 Å². The van der Waals surface area contributed by atoms with E-state index < -0.39 is 0 Å². The Hall–Kier alpha value is -2.08. The van der Waals surface area contributed by atoms with Crippen molar-refractivity contribution >= 4 is 11.8 Å². The monoisotopic (exact) mass is 319 g/mol. The summed E-state index contributed by atoms with van der Waals surface area (Å²) in [5.74, 6) is 0.687. The predicted molar refractivity (Wildman–Crippen MR) is 88.2 cm³/mol. The largest absolute Gasteiger partial charge is 0.493 e. The molecule has 0 fully saturated rings. The Labute approximate surface area is 137 Å². The molecule has 1 aliphatic rings. The van der Waals surface area contributed by atoms with Gasteiger partial charge in [0.25, 0.3) is 0 Å². The van der Waals surface area contributed by atoms with Crippen molar-refractivity contribution in [1.82, 2.24) is 15.5 Å². The van der Waals surface area contributed by atoms with E-state index in [-0.39, 0.29) is 30.9 Å². The van der Waals surface area contributed by atoms with Crippen molar-refractivity contribution in [2.24, 2.45) is 0 Å². The fourth-order valence-electron chi connectivity index (χ4n) is 2.75. The van der Waals surface area contributed by atoms with Gasteiger partial charge in [0.1, 0.15) is 5.75 Å². The van der Waals surface area contributed by atoms with Crippen LogP contribution in [0.1, 0.15) is 31.4 Å². The SMILES string of the molecule is CCCN(CC(=O)NC)CC(=O)NC1CCOc2ccccc21. The highest BCUT2D eigenvalue weighted by atomic mass is 16.5. The number of rotatable bonds is 7. The van der Waals surface area contributed by atoms with Gasteiger partial charge in [0, 0.05) is 19.0 Å². The number of likely N-dealkylation sites (N-methyl/N-ethyl adjacent to an activating group) is 1. The summed E-state index contributed by atoms with van der Waals surface area (Å²) in [6, 6.07) is 7.74. The van der Waals surface area contributed by atoms with Gasteiger partial charge in [-0.05, 0) is 19.0 Å². The smallest absolute Gasteiger partial charge is 0.234 e. The zero-order valence-electron chi connectivity index (χ0n) is 13.8. The van der Waals surface area contributed by atoms with Crippen molar-refractivity contribution in [3.63, 3.8) is 0 Å². The maximum atomic E-state index is 12.4. The minimum Gasteiger partial charge on any atom is -0.493 e. The van der Waals surface area contributed by atoms with Crippen LogP contribution in [0.4, 0.5) is 0 Å². The van der Waals surface area contributed by atoms with E-state index in [0.29, 0.717) is 13.2 Å². The standard InChI is InChI=1S/C17H25N3O3/c1-3-9-20(11-16(21)18-2)12-17(22)19-14-8-10-23-15-7-5-4-6-13(14)15/h4-7,14H,3,8-12H2,1-2H3,(H,18,21)(H,19,22). The van der Waals surface area contributed by atoms with Crippen molar-refractivity contribution in [3.8, 4) is 5.75 Å². The lowest BCUT2D eigenvalue weighted by Gasteiger charge is -2.28. The number of fused-ring (bicyclic) bond motifs is 1. The summed E-state index contributed by atoms with van der Waals surface area (Å²) in [7, 11) is 1.60. The number of nitrogens with one attached hydrogen (secondary N) is 2. The molecule has 126 valence electrons. The third-order valence-corrected chi connectivity index (χ3v) is 3.85. The molecular weight excluding hydrogens is 294 g/mol. The Morgan fingerprint density at radius 2 is 2.00 bits per heavy atom. The van der Waals surface area contributed by atoms with Gasteiger partial charge >= 0.3 is 0 Å². The molecule has 1 aliphatic heterocycles. The molecule has 1 aromatic rings. The van der Waals surface area contributed by atoms with Gasteiger partial charge in [-0.3, -0.25) is 14.5 Å². The van der Waals surface area contributed by atoms with Gasteiger partial charge < -0.3 is 15.4 Å². The Kier molecular flexibility index (Phi) is 6.40. The second-order valence-electron chi connectivity index (χ2n) is 5.68. The molecule has 2 rings (SSSR count). The van der Waals surface area contributed by atoms with Crippen LogP contribution in [0.25, 0.3) is 0 Å². The Balaban J connectivity index is 1.94. The Bertz CT molecular complexity index is 548.